The molecule has 16 heavy (non-hydrogen) atoms. The summed E-state index contributed by atoms with van der Waals surface area (Å²) in [6, 6.07) is 4.02. The zero-order chi connectivity index (χ0) is 11.5. The first-order valence-electron chi connectivity index (χ1n) is 4.42. The second-order valence-electron chi connectivity index (χ2n) is 3.08. The second kappa shape index (κ2) is 5.62. The summed E-state index contributed by atoms with van der Waals surface area (Å²) in [7, 11) is 0. The summed E-state index contributed by atoms with van der Waals surface area (Å²) < 4.78 is 3.07. The Kier molecular flexibility index (Phi) is 4.41. The van der Waals surface area contributed by atoms with Crippen LogP contribution in [-0.4, -0.2) is 4.98 Å². The van der Waals surface area contributed by atoms with Crippen molar-refractivity contribution in [2.75, 3.05) is 5.32 Å². The number of rotatable bonds is 3. The Morgan fingerprint density at radius 1 is 1.19 bits per heavy atom. The molecule has 0 spiro atoms. The first kappa shape index (κ1) is 12.5. The standard InChI is InChI=1S/C10H7Br3N2S/c11-6-1-8(12)10(9(13)2-6)14-3-7-4-16-5-15-7/h1-2,4-5,14H,3H2. The Labute approximate surface area is 123 Å². The summed E-state index contributed by atoms with van der Waals surface area (Å²) in [5, 5.41) is 5.38. The number of nitrogens with zero attached hydrogens (tertiary/aromatic N) is 1. The lowest BCUT2D eigenvalue weighted by Crippen LogP contribution is -2.01. The fourth-order valence-electron chi connectivity index (χ4n) is 1.21. The van der Waals surface area contributed by atoms with Crippen LogP contribution in [0.25, 0.3) is 0 Å². The molecule has 0 saturated heterocycles. The average molecular weight is 427 g/mol. The van der Waals surface area contributed by atoms with Crippen LogP contribution in [0.2, 0.25) is 0 Å². The predicted octanol–water partition coefficient (Wildman–Crippen LogP) is 5.04. The van der Waals surface area contributed by atoms with Crippen LogP contribution >= 0.6 is 59.1 Å². The fraction of sp³-hybridized carbons (Fsp3) is 0.100. The van der Waals surface area contributed by atoms with Crippen molar-refractivity contribution in [3.63, 3.8) is 0 Å². The molecule has 84 valence electrons. The minimum atomic E-state index is 0.725. The van der Waals surface area contributed by atoms with E-state index >= 15 is 0 Å². The van der Waals surface area contributed by atoms with Gasteiger partial charge in [-0.3, -0.25) is 0 Å². The number of halogens is 3. The van der Waals surface area contributed by atoms with E-state index in [0.29, 0.717) is 0 Å². The van der Waals surface area contributed by atoms with E-state index in [-0.39, 0.29) is 0 Å². The summed E-state index contributed by atoms with van der Waals surface area (Å²) >= 11 is 12.1. The minimum absolute atomic E-state index is 0.725. The number of thiazole rings is 1. The van der Waals surface area contributed by atoms with Crippen LogP contribution in [0.3, 0.4) is 0 Å². The molecule has 0 radical (unpaired) electrons. The maximum absolute atomic E-state index is 4.22. The maximum Gasteiger partial charge on any atom is 0.0795 e. The summed E-state index contributed by atoms with van der Waals surface area (Å²) in [6.07, 6.45) is 0. The van der Waals surface area contributed by atoms with Crippen molar-refractivity contribution in [1.29, 1.82) is 0 Å². The predicted molar refractivity (Wildman–Crippen MR) is 79.0 cm³/mol. The van der Waals surface area contributed by atoms with E-state index in [4.69, 9.17) is 0 Å². The van der Waals surface area contributed by atoms with Gasteiger partial charge in [-0.15, -0.1) is 11.3 Å². The molecule has 0 amide bonds. The molecule has 1 N–H and O–H groups in total. The van der Waals surface area contributed by atoms with Gasteiger partial charge in [-0.1, -0.05) is 15.9 Å². The lowest BCUT2D eigenvalue weighted by molar-refractivity contribution is 1.07. The van der Waals surface area contributed by atoms with Crippen LogP contribution < -0.4 is 5.32 Å². The van der Waals surface area contributed by atoms with E-state index < -0.39 is 0 Å². The summed E-state index contributed by atoms with van der Waals surface area (Å²) in [6.45, 7) is 0.725. The number of benzene rings is 1. The molecule has 0 aliphatic carbocycles. The molecule has 1 aromatic carbocycles. The Balaban J connectivity index is 2.15. The van der Waals surface area contributed by atoms with Crippen molar-refractivity contribution in [1.82, 2.24) is 4.98 Å². The third-order valence-electron chi connectivity index (χ3n) is 1.94. The second-order valence-corrected chi connectivity index (χ2v) is 6.42. The van der Waals surface area contributed by atoms with Gasteiger partial charge in [0, 0.05) is 18.8 Å². The Morgan fingerprint density at radius 2 is 1.88 bits per heavy atom. The summed E-state index contributed by atoms with van der Waals surface area (Å²) in [4.78, 5) is 4.22. The summed E-state index contributed by atoms with van der Waals surface area (Å²) in [5.41, 5.74) is 3.92. The van der Waals surface area contributed by atoms with E-state index in [1.807, 2.05) is 23.0 Å². The van der Waals surface area contributed by atoms with Crippen LogP contribution in [0, 0.1) is 0 Å². The highest BCUT2D eigenvalue weighted by atomic mass is 79.9. The molecule has 0 bridgehead atoms. The number of aromatic nitrogens is 1. The van der Waals surface area contributed by atoms with Gasteiger partial charge in [0.15, 0.2) is 0 Å². The molecule has 0 fully saturated rings. The fourth-order valence-corrected chi connectivity index (χ4v) is 4.31. The zero-order valence-corrected chi connectivity index (χ0v) is 13.6. The van der Waals surface area contributed by atoms with Gasteiger partial charge in [-0.2, -0.15) is 0 Å². The van der Waals surface area contributed by atoms with E-state index in [1.165, 1.54) is 0 Å². The van der Waals surface area contributed by atoms with Gasteiger partial charge in [0.2, 0.25) is 0 Å². The minimum Gasteiger partial charge on any atom is -0.378 e. The number of nitrogens with one attached hydrogen (secondary N) is 1. The normalized spacial score (nSPS) is 10.4. The van der Waals surface area contributed by atoms with Crippen molar-refractivity contribution in [3.8, 4) is 0 Å². The Morgan fingerprint density at radius 3 is 2.44 bits per heavy atom. The third kappa shape index (κ3) is 3.06. The van der Waals surface area contributed by atoms with Gasteiger partial charge < -0.3 is 5.32 Å². The van der Waals surface area contributed by atoms with Crippen LogP contribution in [0.4, 0.5) is 5.69 Å². The largest absolute Gasteiger partial charge is 0.378 e. The van der Waals surface area contributed by atoms with E-state index in [0.717, 1.165) is 31.3 Å². The van der Waals surface area contributed by atoms with Gasteiger partial charge in [0.1, 0.15) is 0 Å². The number of hydrogen-bond donors (Lipinski definition) is 1. The number of anilines is 1. The molecule has 2 rings (SSSR count). The monoisotopic (exact) mass is 424 g/mol. The van der Waals surface area contributed by atoms with Gasteiger partial charge in [0.05, 0.1) is 23.4 Å². The zero-order valence-electron chi connectivity index (χ0n) is 8.01. The van der Waals surface area contributed by atoms with Crippen LogP contribution in [0.15, 0.2) is 36.4 Å². The molecule has 0 aliphatic heterocycles. The van der Waals surface area contributed by atoms with Gasteiger partial charge in [-0.25, -0.2) is 4.98 Å². The smallest absolute Gasteiger partial charge is 0.0795 e. The summed E-state index contributed by atoms with van der Waals surface area (Å²) in [5.74, 6) is 0. The first-order chi connectivity index (χ1) is 7.66. The topological polar surface area (TPSA) is 24.9 Å². The van der Waals surface area contributed by atoms with Crippen LogP contribution in [0.1, 0.15) is 5.69 Å². The van der Waals surface area contributed by atoms with Crippen molar-refractivity contribution in [3.05, 3.63) is 42.1 Å². The molecule has 2 nitrogen and oxygen atoms in total. The highest BCUT2D eigenvalue weighted by molar-refractivity contribution is 9.11. The molecular formula is C10H7Br3N2S. The van der Waals surface area contributed by atoms with Gasteiger partial charge in [0.25, 0.3) is 0 Å². The lowest BCUT2D eigenvalue weighted by Gasteiger charge is -2.10. The van der Waals surface area contributed by atoms with Crippen molar-refractivity contribution in [2.45, 2.75) is 6.54 Å². The molecule has 1 heterocycles. The molecule has 0 aliphatic rings. The van der Waals surface area contributed by atoms with E-state index in [1.54, 1.807) is 11.3 Å². The van der Waals surface area contributed by atoms with Crippen molar-refractivity contribution in [2.24, 2.45) is 0 Å². The van der Waals surface area contributed by atoms with Crippen molar-refractivity contribution >= 4 is 64.8 Å². The van der Waals surface area contributed by atoms with Gasteiger partial charge in [-0.05, 0) is 44.0 Å². The van der Waals surface area contributed by atoms with E-state index in [9.17, 15) is 0 Å². The molecular weight excluding hydrogens is 420 g/mol. The Hall–Kier alpha value is 0.0900. The lowest BCUT2D eigenvalue weighted by atomic mass is 10.3. The van der Waals surface area contributed by atoms with Crippen LogP contribution in [0.5, 0.6) is 0 Å². The molecule has 0 atom stereocenters. The third-order valence-corrected chi connectivity index (χ3v) is 4.28. The molecule has 6 heteroatoms. The van der Waals surface area contributed by atoms with Crippen LogP contribution in [-0.2, 0) is 6.54 Å². The molecule has 0 saturated carbocycles. The average Bonchev–Trinajstić information content (AvgIpc) is 2.68. The molecule has 1 aromatic heterocycles. The highest BCUT2D eigenvalue weighted by Crippen LogP contribution is 2.34. The number of hydrogen-bond acceptors (Lipinski definition) is 3. The Bertz CT molecular complexity index is 462. The van der Waals surface area contributed by atoms with E-state index in [2.05, 4.69) is 58.1 Å². The SMILES string of the molecule is Brc1cc(Br)c(NCc2cscn2)c(Br)c1. The van der Waals surface area contributed by atoms with Gasteiger partial charge >= 0.3 is 0 Å². The highest BCUT2D eigenvalue weighted by Gasteiger charge is 2.06. The molecule has 2 aromatic rings. The molecule has 0 unspecified atom stereocenters. The van der Waals surface area contributed by atoms with Crippen molar-refractivity contribution < 1.29 is 0 Å². The maximum atomic E-state index is 4.22. The first-order valence-corrected chi connectivity index (χ1v) is 7.74. The quantitative estimate of drug-likeness (QED) is 0.743.